The number of hydrogen-bond donors (Lipinski definition) is 2. The first-order chi connectivity index (χ1) is 9.56. The molecule has 0 unspecified atom stereocenters. The van der Waals surface area contributed by atoms with Crippen molar-refractivity contribution >= 4 is 34.1 Å². The maximum absolute atomic E-state index is 13.0. The van der Waals surface area contributed by atoms with Gasteiger partial charge in [-0.05, 0) is 17.7 Å². The van der Waals surface area contributed by atoms with Gasteiger partial charge in [-0.15, -0.1) is 22.9 Å². The molecule has 0 spiro atoms. The number of urea groups is 1. The number of rotatable bonds is 4. The van der Waals surface area contributed by atoms with E-state index in [1.807, 2.05) is 0 Å². The molecule has 2 aromatic rings. The summed E-state index contributed by atoms with van der Waals surface area (Å²) in [4.78, 5) is 15.6. The minimum absolute atomic E-state index is 0.00819. The third-order valence-corrected chi connectivity index (χ3v) is 3.36. The normalized spacial score (nSPS) is 10.3. The van der Waals surface area contributed by atoms with Crippen molar-refractivity contribution in [3.8, 4) is 0 Å². The van der Waals surface area contributed by atoms with E-state index in [2.05, 4.69) is 15.6 Å². The number of hydrogen-bond acceptors (Lipinski definition) is 3. The van der Waals surface area contributed by atoms with Crippen molar-refractivity contribution in [1.29, 1.82) is 0 Å². The average molecular weight is 318 g/mol. The molecule has 8 heteroatoms. The largest absolute Gasteiger partial charge is 0.334 e. The predicted octanol–water partition coefficient (Wildman–Crippen LogP) is 3.48. The molecule has 2 amide bonds. The van der Waals surface area contributed by atoms with E-state index in [1.54, 1.807) is 5.38 Å². The number of alkyl halides is 1. The Balaban J connectivity index is 1.88. The van der Waals surface area contributed by atoms with E-state index in [4.69, 9.17) is 11.6 Å². The van der Waals surface area contributed by atoms with Crippen molar-refractivity contribution in [1.82, 2.24) is 10.3 Å². The standard InChI is InChI=1S/C12H10ClF2N3OS/c13-4-10-6-20-12(17-10)18-11(19)16-5-7-1-8(14)3-9(15)2-7/h1-3,6H,4-5H2,(H2,16,17,18,19). The Kier molecular flexibility index (Phi) is 4.86. The molecule has 0 fully saturated rings. The second-order valence-electron chi connectivity index (χ2n) is 3.86. The van der Waals surface area contributed by atoms with Crippen LogP contribution < -0.4 is 10.6 Å². The Morgan fingerprint density at radius 3 is 2.60 bits per heavy atom. The fourth-order valence-electron chi connectivity index (χ4n) is 1.46. The topological polar surface area (TPSA) is 54.0 Å². The van der Waals surface area contributed by atoms with Crippen molar-refractivity contribution < 1.29 is 13.6 Å². The first-order valence-corrected chi connectivity index (χ1v) is 6.98. The number of aromatic nitrogens is 1. The minimum Gasteiger partial charge on any atom is -0.334 e. The predicted molar refractivity (Wildman–Crippen MR) is 73.9 cm³/mol. The lowest BCUT2D eigenvalue weighted by Crippen LogP contribution is -2.28. The summed E-state index contributed by atoms with van der Waals surface area (Å²) >= 11 is 6.83. The van der Waals surface area contributed by atoms with Crippen LogP contribution in [0.4, 0.5) is 18.7 Å². The molecule has 2 N–H and O–H groups in total. The number of anilines is 1. The van der Waals surface area contributed by atoms with Crippen LogP contribution in [0.25, 0.3) is 0 Å². The van der Waals surface area contributed by atoms with Gasteiger partial charge in [-0.3, -0.25) is 5.32 Å². The number of carbonyl (C=O) groups is 1. The second kappa shape index (κ2) is 6.62. The summed E-state index contributed by atoms with van der Waals surface area (Å²) in [5, 5.41) is 7.12. The van der Waals surface area contributed by atoms with Crippen molar-refractivity contribution in [2.75, 3.05) is 5.32 Å². The molecule has 0 saturated heterocycles. The van der Waals surface area contributed by atoms with Gasteiger partial charge in [0.1, 0.15) is 11.6 Å². The average Bonchev–Trinajstić information content (AvgIpc) is 2.83. The highest BCUT2D eigenvalue weighted by molar-refractivity contribution is 7.13. The molecule has 0 aliphatic rings. The molecule has 106 valence electrons. The van der Waals surface area contributed by atoms with Crippen LogP contribution in [0.3, 0.4) is 0 Å². The van der Waals surface area contributed by atoms with Crippen molar-refractivity contribution in [2.24, 2.45) is 0 Å². The van der Waals surface area contributed by atoms with Gasteiger partial charge in [-0.2, -0.15) is 0 Å². The quantitative estimate of drug-likeness (QED) is 0.848. The van der Waals surface area contributed by atoms with Crippen LogP contribution in [0.1, 0.15) is 11.3 Å². The lowest BCUT2D eigenvalue weighted by Gasteiger charge is -2.06. The Labute approximate surface area is 122 Å². The van der Waals surface area contributed by atoms with Crippen LogP contribution in [0.5, 0.6) is 0 Å². The zero-order valence-electron chi connectivity index (χ0n) is 10.1. The third-order valence-electron chi connectivity index (χ3n) is 2.28. The molecule has 1 heterocycles. The zero-order chi connectivity index (χ0) is 14.5. The van der Waals surface area contributed by atoms with Crippen LogP contribution >= 0.6 is 22.9 Å². The maximum atomic E-state index is 13.0. The summed E-state index contributed by atoms with van der Waals surface area (Å²) in [6.45, 7) is 0.00819. The molecule has 1 aromatic heterocycles. The van der Waals surface area contributed by atoms with E-state index in [1.165, 1.54) is 11.3 Å². The van der Waals surface area contributed by atoms with Gasteiger partial charge in [-0.25, -0.2) is 18.6 Å². The van der Waals surface area contributed by atoms with E-state index in [0.29, 0.717) is 16.4 Å². The summed E-state index contributed by atoms with van der Waals surface area (Å²) in [6.07, 6.45) is 0. The molecule has 1 aromatic carbocycles. The maximum Gasteiger partial charge on any atom is 0.321 e. The first-order valence-electron chi connectivity index (χ1n) is 5.57. The van der Waals surface area contributed by atoms with E-state index < -0.39 is 17.7 Å². The lowest BCUT2D eigenvalue weighted by atomic mass is 10.2. The van der Waals surface area contributed by atoms with Gasteiger partial charge < -0.3 is 5.32 Å². The van der Waals surface area contributed by atoms with Gasteiger partial charge in [0.05, 0.1) is 11.6 Å². The van der Waals surface area contributed by atoms with Gasteiger partial charge >= 0.3 is 6.03 Å². The molecule has 0 aliphatic heterocycles. The van der Waals surface area contributed by atoms with Crippen LogP contribution in [0.15, 0.2) is 23.6 Å². The SMILES string of the molecule is O=C(NCc1cc(F)cc(F)c1)Nc1nc(CCl)cs1. The third kappa shape index (κ3) is 4.14. The Morgan fingerprint density at radius 1 is 1.30 bits per heavy atom. The highest BCUT2D eigenvalue weighted by atomic mass is 35.5. The molecule has 0 radical (unpaired) electrons. The fraction of sp³-hybridized carbons (Fsp3) is 0.167. The molecule has 4 nitrogen and oxygen atoms in total. The highest BCUT2D eigenvalue weighted by Gasteiger charge is 2.07. The van der Waals surface area contributed by atoms with Crippen molar-refractivity contribution in [3.63, 3.8) is 0 Å². The van der Waals surface area contributed by atoms with E-state index in [0.717, 1.165) is 18.2 Å². The summed E-state index contributed by atoms with van der Waals surface area (Å²) in [5.74, 6) is -1.11. The molecule has 20 heavy (non-hydrogen) atoms. The highest BCUT2D eigenvalue weighted by Crippen LogP contribution is 2.16. The van der Waals surface area contributed by atoms with E-state index >= 15 is 0 Å². The first kappa shape index (κ1) is 14.7. The number of nitrogens with one attached hydrogen (secondary N) is 2. The van der Waals surface area contributed by atoms with Crippen LogP contribution in [-0.2, 0) is 12.4 Å². The summed E-state index contributed by atoms with van der Waals surface area (Å²) in [7, 11) is 0. The molecule has 0 aliphatic carbocycles. The van der Waals surface area contributed by atoms with Gasteiger partial charge in [-0.1, -0.05) is 0 Å². The van der Waals surface area contributed by atoms with Gasteiger partial charge in [0.2, 0.25) is 0 Å². The Bertz CT molecular complexity index is 600. The molecule has 2 rings (SSSR count). The molecule has 0 saturated carbocycles. The van der Waals surface area contributed by atoms with Crippen LogP contribution in [0.2, 0.25) is 0 Å². The van der Waals surface area contributed by atoms with Gasteiger partial charge in [0, 0.05) is 18.0 Å². The number of thiazole rings is 1. The van der Waals surface area contributed by atoms with Crippen molar-refractivity contribution in [3.05, 3.63) is 46.5 Å². The molecule has 0 bridgehead atoms. The zero-order valence-corrected chi connectivity index (χ0v) is 11.7. The molecule has 0 atom stereocenters. The number of halogens is 3. The van der Waals surface area contributed by atoms with E-state index in [9.17, 15) is 13.6 Å². The Morgan fingerprint density at radius 2 is 2.00 bits per heavy atom. The number of carbonyl (C=O) groups excluding carboxylic acids is 1. The fourth-order valence-corrected chi connectivity index (χ4v) is 2.40. The Hall–Kier alpha value is -1.73. The number of nitrogens with zero attached hydrogens (tertiary/aromatic N) is 1. The van der Waals surface area contributed by atoms with Gasteiger partial charge in [0.25, 0.3) is 0 Å². The summed E-state index contributed by atoms with van der Waals surface area (Å²) in [5.41, 5.74) is 0.998. The van der Waals surface area contributed by atoms with Crippen molar-refractivity contribution in [2.45, 2.75) is 12.4 Å². The van der Waals surface area contributed by atoms with Crippen LogP contribution in [0, 0.1) is 11.6 Å². The molecular formula is C12H10ClF2N3OS. The smallest absolute Gasteiger partial charge is 0.321 e. The summed E-state index contributed by atoms with van der Waals surface area (Å²) < 4.78 is 25.9. The van der Waals surface area contributed by atoms with Gasteiger partial charge in [0.15, 0.2) is 5.13 Å². The number of benzene rings is 1. The lowest BCUT2D eigenvalue weighted by molar-refractivity contribution is 0.251. The molecular weight excluding hydrogens is 308 g/mol. The second-order valence-corrected chi connectivity index (χ2v) is 4.99. The monoisotopic (exact) mass is 317 g/mol. The summed E-state index contributed by atoms with van der Waals surface area (Å²) in [6, 6.07) is 2.56. The van der Waals surface area contributed by atoms with Crippen LogP contribution in [-0.4, -0.2) is 11.0 Å². The van der Waals surface area contributed by atoms with E-state index in [-0.39, 0.29) is 12.4 Å². The number of amides is 2. The minimum atomic E-state index is -0.686.